The summed E-state index contributed by atoms with van der Waals surface area (Å²) in [5.74, 6) is 0. The fourth-order valence-electron chi connectivity index (χ4n) is 2.24. The van der Waals surface area contributed by atoms with E-state index in [9.17, 15) is 9.59 Å². The highest BCUT2D eigenvalue weighted by molar-refractivity contribution is 7.99. The first-order valence-electron chi connectivity index (χ1n) is 6.36. The van der Waals surface area contributed by atoms with E-state index in [2.05, 4.69) is 4.98 Å². The van der Waals surface area contributed by atoms with Gasteiger partial charge in [0.2, 0.25) is 0 Å². The van der Waals surface area contributed by atoms with Crippen LogP contribution < -0.4 is 11.2 Å². The molecule has 0 bridgehead atoms. The molecule has 3 aromatic rings. The zero-order valence-corrected chi connectivity index (χ0v) is 12.7. The highest BCUT2D eigenvalue weighted by atomic mass is 32.2. The van der Waals surface area contributed by atoms with Crippen molar-refractivity contribution in [3.05, 3.63) is 51.2 Å². The van der Waals surface area contributed by atoms with E-state index in [4.69, 9.17) is 0 Å². The molecule has 0 fully saturated rings. The number of aryl methyl sites for hydroxylation is 2. The third kappa shape index (κ3) is 2.09. The number of hydrogen-bond donors (Lipinski definition) is 0. The third-order valence-corrected chi connectivity index (χ3v) is 4.43. The van der Waals surface area contributed by atoms with E-state index in [1.807, 2.05) is 30.3 Å². The maximum Gasteiger partial charge on any atom is 0.332 e. The Labute approximate surface area is 124 Å². The van der Waals surface area contributed by atoms with Gasteiger partial charge in [-0.25, -0.2) is 9.78 Å². The second kappa shape index (κ2) is 4.92. The van der Waals surface area contributed by atoms with Gasteiger partial charge in [-0.15, -0.1) is 0 Å². The summed E-state index contributed by atoms with van der Waals surface area (Å²) in [6.07, 6.45) is 0. The van der Waals surface area contributed by atoms with E-state index >= 15 is 0 Å². The maximum absolute atomic E-state index is 12.2. The number of benzene rings is 1. The van der Waals surface area contributed by atoms with Gasteiger partial charge in [-0.05, 0) is 12.1 Å². The summed E-state index contributed by atoms with van der Waals surface area (Å²) >= 11 is 1.46. The first-order valence-corrected chi connectivity index (χ1v) is 7.17. The molecule has 0 radical (unpaired) electrons. The van der Waals surface area contributed by atoms with Crippen LogP contribution >= 0.6 is 11.8 Å². The predicted molar refractivity (Wildman–Crippen MR) is 81.8 cm³/mol. The van der Waals surface area contributed by atoms with Gasteiger partial charge in [0, 0.05) is 26.0 Å². The van der Waals surface area contributed by atoms with Gasteiger partial charge >= 0.3 is 5.69 Å². The highest BCUT2D eigenvalue weighted by Gasteiger charge is 2.17. The number of nitrogens with zero attached hydrogens (tertiary/aromatic N) is 4. The summed E-state index contributed by atoms with van der Waals surface area (Å²) in [4.78, 5) is 29.6. The van der Waals surface area contributed by atoms with E-state index in [0.29, 0.717) is 16.3 Å². The minimum atomic E-state index is -0.372. The number of hydrogen-bond acceptors (Lipinski definition) is 4. The lowest BCUT2D eigenvalue weighted by atomic mass is 10.4. The Morgan fingerprint density at radius 2 is 1.62 bits per heavy atom. The summed E-state index contributed by atoms with van der Waals surface area (Å²) in [6, 6.07) is 9.78. The molecular formula is C14H14N4O2S. The molecule has 0 N–H and O–H groups in total. The van der Waals surface area contributed by atoms with Crippen LogP contribution in [0.2, 0.25) is 0 Å². The predicted octanol–water partition coefficient (Wildman–Crippen LogP) is 1.12. The van der Waals surface area contributed by atoms with Gasteiger partial charge in [0.05, 0.1) is 0 Å². The fourth-order valence-corrected chi connectivity index (χ4v) is 3.11. The van der Waals surface area contributed by atoms with Crippen molar-refractivity contribution in [2.24, 2.45) is 21.1 Å². The summed E-state index contributed by atoms with van der Waals surface area (Å²) in [5, 5.41) is 0.675. The molecule has 3 rings (SSSR count). The standard InChI is InChI=1S/C14H14N4O2S/c1-16-11-10(12(19)18(3)14(20)17(11)2)15-13(16)21-9-7-5-4-6-8-9/h4-8H,1-3H3. The Kier molecular flexibility index (Phi) is 3.21. The first-order chi connectivity index (χ1) is 10.0. The van der Waals surface area contributed by atoms with Crippen LogP contribution in [0, 0.1) is 0 Å². The Bertz CT molecular complexity index is 937. The molecule has 0 aliphatic carbocycles. The van der Waals surface area contributed by atoms with Crippen molar-refractivity contribution >= 4 is 22.9 Å². The lowest BCUT2D eigenvalue weighted by molar-refractivity contribution is 0.690. The third-order valence-electron chi connectivity index (χ3n) is 3.38. The Morgan fingerprint density at radius 3 is 2.29 bits per heavy atom. The first kappa shape index (κ1) is 13.7. The highest BCUT2D eigenvalue weighted by Crippen LogP contribution is 2.27. The molecule has 0 unspecified atom stereocenters. The maximum atomic E-state index is 12.2. The van der Waals surface area contributed by atoms with Gasteiger partial charge in [0.1, 0.15) is 0 Å². The van der Waals surface area contributed by atoms with Gasteiger partial charge in [-0.3, -0.25) is 13.9 Å². The van der Waals surface area contributed by atoms with Crippen LogP contribution in [0.3, 0.4) is 0 Å². The van der Waals surface area contributed by atoms with Crippen LogP contribution in [0.1, 0.15) is 0 Å². The van der Waals surface area contributed by atoms with Crippen molar-refractivity contribution in [2.45, 2.75) is 10.1 Å². The molecule has 0 atom stereocenters. The zero-order chi connectivity index (χ0) is 15.1. The average Bonchev–Trinajstić information content (AvgIpc) is 2.81. The van der Waals surface area contributed by atoms with Gasteiger partial charge in [-0.2, -0.15) is 0 Å². The molecule has 21 heavy (non-hydrogen) atoms. The van der Waals surface area contributed by atoms with Crippen molar-refractivity contribution in [2.75, 3.05) is 0 Å². The van der Waals surface area contributed by atoms with Crippen molar-refractivity contribution in [3.8, 4) is 0 Å². The van der Waals surface area contributed by atoms with Crippen LogP contribution in [-0.2, 0) is 21.1 Å². The monoisotopic (exact) mass is 302 g/mol. The Morgan fingerprint density at radius 1 is 0.952 bits per heavy atom. The number of imidazole rings is 1. The normalized spacial score (nSPS) is 11.2. The molecule has 0 aliphatic rings. The second-order valence-corrected chi connectivity index (χ2v) is 5.79. The molecule has 1 aromatic carbocycles. The SMILES string of the molecule is Cn1c(=O)c2nc(Sc3ccccc3)n(C)c2n(C)c1=O. The Hall–Kier alpha value is -2.28. The van der Waals surface area contributed by atoms with E-state index in [-0.39, 0.29) is 11.2 Å². The number of aromatic nitrogens is 4. The number of fused-ring (bicyclic) bond motifs is 1. The van der Waals surface area contributed by atoms with E-state index in [0.717, 1.165) is 9.46 Å². The lowest BCUT2D eigenvalue weighted by Crippen LogP contribution is -2.37. The van der Waals surface area contributed by atoms with Crippen LogP contribution in [0.25, 0.3) is 11.2 Å². The van der Waals surface area contributed by atoms with Crippen LogP contribution in [0.15, 0.2) is 50.0 Å². The molecule has 108 valence electrons. The van der Waals surface area contributed by atoms with Crippen molar-refractivity contribution in [3.63, 3.8) is 0 Å². The molecule has 2 heterocycles. The molecule has 0 aliphatic heterocycles. The molecule has 7 heteroatoms. The van der Waals surface area contributed by atoms with Crippen molar-refractivity contribution in [1.29, 1.82) is 0 Å². The van der Waals surface area contributed by atoms with Crippen molar-refractivity contribution in [1.82, 2.24) is 18.7 Å². The quantitative estimate of drug-likeness (QED) is 0.712. The molecule has 6 nitrogen and oxygen atoms in total. The van der Waals surface area contributed by atoms with Gasteiger partial charge < -0.3 is 4.57 Å². The van der Waals surface area contributed by atoms with Gasteiger partial charge in [-0.1, -0.05) is 30.0 Å². The summed E-state index contributed by atoms with van der Waals surface area (Å²) in [6.45, 7) is 0. The topological polar surface area (TPSA) is 61.8 Å². The average molecular weight is 302 g/mol. The minimum absolute atomic E-state index is 0.306. The summed E-state index contributed by atoms with van der Waals surface area (Å²) in [7, 11) is 4.91. The van der Waals surface area contributed by atoms with Crippen LogP contribution in [0.4, 0.5) is 0 Å². The molecule has 2 aromatic heterocycles. The molecule has 0 saturated carbocycles. The minimum Gasteiger partial charge on any atom is -0.308 e. The second-order valence-electron chi connectivity index (χ2n) is 4.75. The molecule has 0 saturated heterocycles. The molecule has 0 amide bonds. The lowest BCUT2D eigenvalue weighted by Gasteiger charge is -2.05. The van der Waals surface area contributed by atoms with E-state index < -0.39 is 0 Å². The Balaban J connectivity index is 2.26. The van der Waals surface area contributed by atoms with Gasteiger partial charge in [0.25, 0.3) is 5.56 Å². The molecular weight excluding hydrogens is 288 g/mol. The largest absolute Gasteiger partial charge is 0.332 e. The summed E-state index contributed by atoms with van der Waals surface area (Å²) < 4.78 is 4.29. The van der Waals surface area contributed by atoms with Crippen LogP contribution in [-0.4, -0.2) is 18.7 Å². The fraction of sp³-hybridized carbons (Fsp3) is 0.214. The van der Waals surface area contributed by atoms with E-state index in [1.54, 1.807) is 18.7 Å². The van der Waals surface area contributed by atoms with Crippen LogP contribution in [0.5, 0.6) is 0 Å². The van der Waals surface area contributed by atoms with Crippen molar-refractivity contribution < 1.29 is 0 Å². The molecule has 0 spiro atoms. The van der Waals surface area contributed by atoms with Gasteiger partial charge in [0.15, 0.2) is 16.3 Å². The smallest absolute Gasteiger partial charge is 0.308 e. The summed E-state index contributed by atoms with van der Waals surface area (Å²) in [5.41, 5.74) is 0.109. The zero-order valence-electron chi connectivity index (χ0n) is 11.9. The number of rotatable bonds is 2. The van der Waals surface area contributed by atoms with E-state index in [1.165, 1.54) is 23.4 Å².